The predicted molar refractivity (Wildman–Crippen MR) is 115 cm³/mol. The SMILES string of the molecule is Cc1nn(CC(C)C)c(C)c1CCC(=O)NCc1ccc(C(=O)NCC(N)=O)cc1. The van der Waals surface area contributed by atoms with Crippen molar-refractivity contribution in [3.63, 3.8) is 0 Å². The summed E-state index contributed by atoms with van der Waals surface area (Å²) in [5, 5.41) is 9.93. The van der Waals surface area contributed by atoms with E-state index in [1.165, 1.54) is 0 Å². The Balaban J connectivity index is 1.83. The van der Waals surface area contributed by atoms with E-state index in [4.69, 9.17) is 5.73 Å². The number of primary amides is 1. The van der Waals surface area contributed by atoms with E-state index in [0.29, 0.717) is 30.9 Å². The molecule has 1 aromatic carbocycles. The zero-order valence-corrected chi connectivity index (χ0v) is 18.1. The molecule has 1 heterocycles. The van der Waals surface area contributed by atoms with Gasteiger partial charge in [-0.3, -0.25) is 19.1 Å². The third kappa shape index (κ3) is 6.72. The smallest absolute Gasteiger partial charge is 0.251 e. The molecule has 0 saturated heterocycles. The highest BCUT2D eigenvalue weighted by atomic mass is 16.2. The Morgan fingerprint density at radius 3 is 2.37 bits per heavy atom. The molecule has 0 fully saturated rings. The largest absolute Gasteiger partial charge is 0.368 e. The van der Waals surface area contributed by atoms with Crippen molar-refractivity contribution in [1.29, 1.82) is 0 Å². The number of nitrogens with one attached hydrogen (secondary N) is 2. The number of benzene rings is 1. The molecular formula is C22H31N5O3. The van der Waals surface area contributed by atoms with Gasteiger partial charge >= 0.3 is 0 Å². The first kappa shape index (κ1) is 23.1. The second-order valence-electron chi connectivity index (χ2n) is 7.85. The second kappa shape index (κ2) is 10.6. The fourth-order valence-corrected chi connectivity index (χ4v) is 3.19. The van der Waals surface area contributed by atoms with Gasteiger partial charge in [0, 0.05) is 30.8 Å². The third-order valence-corrected chi connectivity index (χ3v) is 4.80. The minimum Gasteiger partial charge on any atom is -0.368 e. The Morgan fingerprint density at radius 2 is 1.77 bits per heavy atom. The third-order valence-electron chi connectivity index (χ3n) is 4.80. The highest BCUT2D eigenvalue weighted by Gasteiger charge is 2.14. The van der Waals surface area contributed by atoms with Crippen LogP contribution in [0.2, 0.25) is 0 Å². The van der Waals surface area contributed by atoms with Crippen molar-refractivity contribution < 1.29 is 14.4 Å². The van der Waals surface area contributed by atoms with Gasteiger partial charge in [-0.05, 0) is 49.4 Å². The lowest BCUT2D eigenvalue weighted by Crippen LogP contribution is -2.33. The van der Waals surface area contributed by atoms with Gasteiger partial charge in [-0.25, -0.2) is 0 Å². The minimum atomic E-state index is -0.597. The first-order valence-electron chi connectivity index (χ1n) is 10.1. The maximum atomic E-state index is 12.3. The van der Waals surface area contributed by atoms with E-state index >= 15 is 0 Å². The van der Waals surface area contributed by atoms with E-state index in [0.717, 1.165) is 29.1 Å². The van der Waals surface area contributed by atoms with Gasteiger partial charge in [0.05, 0.1) is 12.2 Å². The molecule has 2 aromatic rings. The molecule has 0 saturated carbocycles. The monoisotopic (exact) mass is 413 g/mol. The van der Waals surface area contributed by atoms with E-state index in [1.807, 2.05) is 11.6 Å². The number of carbonyl (C=O) groups excluding carboxylic acids is 3. The standard InChI is InChI=1S/C22H31N5O3/c1-14(2)13-27-16(4)19(15(3)26-27)9-10-21(29)24-11-17-5-7-18(8-6-17)22(30)25-12-20(23)28/h5-8,14H,9-13H2,1-4H3,(H2,23,28)(H,24,29)(H,25,30). The number of hydrogen-bond donors (Lipinski definition) is 3. The number of aryl methyl sites for hydroxylation is 1. The molecule has 8 heteroatoms. The Kier molecular flexibility index (Phi) is 8.15. The lowest BCUT2D eigenvalue weighted by atomic mass is 10.1. The van der Waals surface area contributed by atoms with Crippen LogP contribution in [0, 0.1) is 19.8 Å². The highest BCUT2D eigenvalue weighted by Crippen LogP contribution is 2.16. The lowest BCUT2D eigenvalue weighted by molar-refractivity contribution is -0.121. The van der Waals surface area contributed by atoms with E-state index in [1.54, 1.807) is 24.3 Å². The van der Waals surface area contributed by atoms with Crippen LogP contribution in [0.25, 0.3) is 0 Å². The number of amides is 3. The fraction of sp³-hybridized carbons (Fsp3) is 0.455. The van der Waals surface area contributed by atoms with Crippen LogP contribution in [-0.4, -0.2) is 34.0 Å². The fourth-order valence-electron chi connectivity index (χ4n) is 3.19. The minimum absolute atomic E-state index is 0.0336. The molecule has 2 rings (SSSR count). The van der Waals surface area contributed by atoms with E-state index in [2.05, 4.69) is 36.5 Å². The molecule has 8 nitrogen and oxygen atoms in total. The van der Waals surface area contributed by atoms with Crippen LogP contribution < -0.4 is 16.4 Å². The first-order chi connectivity index (χ1) is 14.2. The quantitative estimate of drug-likeness (QED) is 0.548. The van der Waals surface area contributed by atoms with Gasteiger partial charge in [0.1, 0.15) is 0 Å². The van der Waals surface area contributed by atoms with Crippen molar-refractivity contribution in [3.05, 3.63) is 52.3 Å². The van der Waals surface area contributed by atoms with Crippen molar-refractivity contribution in [3.8, 4) is 0 Å². The van der Waals surface area contributed by atoms with Crippen molar-refractivity contribution in [1.82, 2.24) is 20.4 Å². The zero-order valence-electron chi connectivity index (χ0n) is 18.1. The van der Waals surface area contributed by atoms with Crippen LogP contribution in [-0.2, 0) is 29.1 Å². The Bertz CT molecular complexity index is 900. The molecule has 0 aliphatic rings. The molecule has 0 aliphatic heterocycles. The summed E-state index contributed by atoms with van der Waals surface area (Å²) in [6.07, 6.45) is 1.04. The predicted octanol–water partition coefficient (Wildman–Crippen LogP) is 1.62. The van der Waals surface area contributed by atoms with Crippen LogP contribution >= 0.6 is 0 Å². The summed E-state index contributed by atoms with van der Waals surface area (Å²) < 4.78 is 2.02. The van der Waals surface area contributed by atoms with Crippen LogP contribution in [0.5, 0.6) is 0 Å². The van der Waals surface area contributed by atoms with Gasteiger partial charge in [-0.15, -0.1) is 0 Å². The summed E-state index contributed by atoms with van der Waals surface area (Å²) in [4.78, 5) is 34.9. The molecule has 0 atom stereocenters. The van der Waals surface area contributed by atoms with Gasteiger partial charge in [-0.2, -0.15) is 5.10 Å². The Morgan fingerprint density at radius 1 is 1.10 bits per heavy atom. The molecule has 0 bridgehead atoms. The van der Waals surface area contributed by atoms with Crippen LogP contribution in [0.15, 0.2) is 24.3 Å². The summed E-state index contributed by atoms with van der Waals surface area (Å²) >= 11 is 0. The Labute approximate surface area is 177 Å². The van der Waals surface area contributed by atoms with Gasteiger partial charge < -0.3 is 16.4 Å². The molecule has 3 amide bonds. The van der Waals surface area contributed by atoms with Crippen LogP contribution in [0.3, 0.4) is 0 Å². The number of rotatable bonds is 10. The molecule has 1 aromatic heterocycles. The maximum Gasteiger partial charge on any atom is 0.251 e. The molecule has 0 unspecified atom stereocenters. The summed E-state index contributed by atoms with van der Waals surface area (Å²) in [7, 11) is 0. The van der Waals surface area contributed by atoms with Gasteiger partial charge in [0.25, 0.3) is 5.91 Å². The molecule has 0 radical (unpaired) electrons. The number of hydrogen-bond acceptors (Lipinski definition) is 4. The molecule has 4 N–H and O–H groups in total. The summed E-state index contributed by atoms with van der Waals surface area (Å²) in [5.41, 5.74) is 9.56. The zero-order chi connectivity index (χ0) is 22.3. The molecule has 0 aliphatic carbocycles. The molecule has 0 spiro atoms. The summed E-state index contributed by atoms with van der Waals surface area (Å²) in [6.45, 7) is 9.40. The van der Waals surface area contributed by atoms with E-state index in [9.17, 15) is 14.4 Å². The van der Waals surface area contributed by atoms with Crippen LogP contribution in [0.1, 0.15) is 53.1 Å². The maximum absolute atomic E-state index is 12.3. The van der Waals surface area contributed by atoms with E-state index < -0.39 is 5.91 Å². The van der Waals surface area contributed by atoms with Crippen molar-refractivity contribution in [2.75, 3.05) is 6.54 Å². The second-order valence-corrected chi connectivity index (χ2v) is 7.85. The molecular weight excluding hydrogens is 382 g/mol. The van der Waals surface area contributed by atoms with Crippen LogP contribution in [0.4, 0.5) is 0 Å². The van der Waals surface area contributed by atoms with Gasteiger partial charge in [0.2, 0.25) is 11.8 Å². The number of nitrogens with zero attached hydrogens (tertiary/aromatic N) is 2. The number of nitrogens with two attached hydrogens (primary N) is 1. The van der Waals surface area contributed by atoms with Crippen molar-refractivity contribution in [2.24, 2.45) is 11.7 Å². The van der Waals surface area contributed by atoms with Gasteiger partial charge in [0.15, 0.2) is 0 Å². The van der Waals surface area contributed by atoms with Gasteiger partial charge in [-0.1, -0.05) is 26.0 Å². The average Bonchev–Trinajstić information content (AvgIpc) is 2.95. The average molecular weight is 414 g/mol. The normalized spacial score (nSPS) is 10.8. The lowest BCUT2D eigenvalue weighted by Gasteiger charge is -2.09. The first-order valence-corrected chi connectivity index (χ1v) is 10.1. The Hall–Kier alpha value is -3.16. The molecule has 30 heavy (non-hydrogen) atoms. The topological polar surface area (TPSA) is 119 Å². The van der Waals surface area contributed by atoms with Crippen molar-refractivity contribution in [2.45, 2.75) is 53.6 Å². The van der Waals surface area contributed by atoms with Crippen molar-refractivity contribution >= 4 is 17.7 Å². The number of aromatic nitrogens is 2. The van der Waals surface area contributed by atoms with E-state index in [-0.39, 0.29) is 18.4 Å². The summed E-state index contributed by atoms with van der Waals surface area (Å²) in [6, 6.07) is 6.83. The summed E-state index contributed by atoms with van der Waals surface area (Å²) in [5.74, 6) is -0.484. The number of carbonyl (C=O) groups is 3. The molecule has 162 valence electrons. The highest BCUT2D eigenvalue weighted by molar-refractivity contribution is 5.96.